The van der Waals surface area contributed by atoms with E-state index in [1.165, 1.54) is 18.1 Å². The van der Waals surface area contributed by atoms with E-state index in [1.54, 1.807) is 6.07 Å². The number of anilines is 1. The molecule has 2 fully saturated rings. The molecule has 1 N–H and O–H groups in total. The number of imide groups is 1. The molecule has 1 unspecified atom stereocenters. The van der Waals surface area contributed by atoms with Gasteiger partial charge in [-0.05, 0) is 31.6 Å². The minimum atomic E-state index is -0.359. The highest BCUT2D eigenvalue weighted by molar-refractivity contribution is 6.05. The predicted molar refractivity (Wildman–Crippen MR) is 112 cm³/mol. The summed E-state index contributed by atoms with van der Waals surface area (Å²) in [6.07, 6.45) is 1.03. The van der Waals surface area contributed by atoms with Crippen LogP contribution in [0.2, 0.25) is 0 Å². The van der Waals surface area contributed by atoms with Crippen LogP contribution in [0.5, 0.6) is 5.75 Å². The van der Waals surface area contributed by atoms with Crippen LogP contribution in [-0.2, 0) is 9.59 Å². The van der Waals surface area contributed by atoms with Crippen LogP contribution < -0.4 is 15.0 Å². The molecule has 1 aromatic carbocycles. The quantitative estimate of drug-likeness (QED) is 0.633. The van der Waals surface area contributed by atoms with Gasteiger partial charge in [0.1, 0.15) is 0 Å². The lowest BCUT2D eigenvalue weighted by atomic mass is 10.2. The highest BCUT2D eigenvalue weighted by atomic mass is 35.5. The summed E-state index contributed by atoms with van der Waals surface area (Å²) in [4.78, 5) is 30.1. The summed E-state index contributed by atoms with van der Waals surface area (Å²) < 4.78 is 19.1. The van der Waals surface area contributed by atoms with Gasteiger partial charge in [0, 0.05) is 32.7 Å². The van der Waals surface area contributed by atoms with Gasteiger partial charge in [0.2, 0.25) is 11.8 Å². The topological polar surface area (TPSA) is 65.1 Å². The number of likely N-dealkylation sites (tertiary alicyclic amines) is 1. The van der Waals surface area contributed by atoms with Gasteiger partial charge in [-0.2, -0.15) is 0 Å². The van der Waals surface area contributed by atoms with Crippen molar-refractivity contribution < 1.29 is 18.7 Å². The number of hydrogen-bond donors (Lipinski definition) is 1. The van der Waals surface area contributed by atoms with Crippen molar-refractivity contribution in [1.29, 1.82) is 0 Å². The summed E-state index contributed by atoms with van der Waals surface area (Å²) in [7, 11) is 1.49. The zero-order valence-corrected chi connectivity index (χ0v) is 17.8. The Balaban J connectivity index is 0.00000300. The van der Waals surface area contributed by atoms with Gasteiger partial charge in [0.25, 0.3) is 0 Å². The number of benzene rings is 1. The molecule has 0 aromatic heterocycles. The number of nitrogens with zero attached hydrogens (tertiary/aromatic N) is 3. The van der Waals surface area contributed by atoms with Crippen LogP contribution in [0.4, 0.5) is 10.1 Å². The summed E-state index contributed by atoms with van der Waals surface area (Å²) in [5, 5.41) is 3.06. The number of ether oxygens (including phenoxy) is 1. The number of carbonyl (C=O) groups is 2. The largest absolute Gasteiger partial charge is 0.492 e. The Morgan fingerprint density at radius 2 is 1.90 bits per heavy atom. The first-order chi connectivity index (χ1) is 13.5. The standard InChI is InChI=1S/C20H29FN4O3.ClH/c1-3-22-16-14-18(26)25(20(16)27)9-5-8-23-10-12-24(13-11-23)17-7-4-6-15(21)19(17)28-2;/h4,6-7,16,22H,3,5,8-14H2,1-2H3;1H. The van der Waals surface area contributed by atoms with Crippen molar-refractivity contribution in [2.45, 2.75) is 25.8 Å². The van der Waals surface area contributed by atoms with Gasteiger partial charge >= 0.3 is 0 Å². The smallest absolute Gasteiger partial charge is 0.246 e. The van der Waals surface area contributed by atoms with Gasteiger partial charge in [0.15, 0.2) is 11.6 Å². The van der Waals surface area contributed by atoms with E-state index in [-0.39, 0.29) is 48.3 Å². The number of halogens is 2. The lowest BCUT2D eigenvalue weighted by Gasteiger charge is -2.36. The Hall–Kier alpha value is -1.90. The van der Waals surface area contributed by atoms with Crippen molar-refractivity contribution in [3.63, 3.8) is 0 Å². The summed E-state index contributed by atoms with van der Waals surface area (Å²) in [5.74, 6) is -0.246. The lowest BCUT2D eigenvalue weighted by Crippen LogP contribution is -2.47. The van der Waals surface area contributed by atoms with Crippen molar-refractivity contribution in [1.82, 2.24) is 15.1 Å². The fraction of sp³-hybridized carbons (Fsp3) is 0.600. The molecule has 3 rings (SSSR count). The highest BCUT2D eigenvalue weighted by Crippen LogP contribution is 2.31. The number of piperazine rings is 1. The summed E-state index contributed by atoms with van der Waals surface area (Å²) in [5.41, 5.74) is 0.782. The molecule has 2 saturated heterocycles. The Labute approximate surface area is 177 Å². The molecule has 0 saturated carbocycles. The number of carbonyl (C=O) groups excluding carboxylic acids is 2. The molecule has 1 aromatic rings. The number of hydrogen-bond acceptors (Lipinski definition) is 6. The van der Waals surface area contributed by atoms with E-state index in [4.69, 9.17) is 4.74 Å². The number of amides is 2. The maximum Gasteiger partial charge on any atom is 0.246 e. The third kappa shape index (κ3) is 5.38. The molecule has 9 heteroatoms. The first kappa shape index (κ1) is 23.4. The first-order valence-electron chi connectivity index (χ1n) is 9.92. The number of nitrogens with one attached hydrogen (secondary N) is 1. The molecular weight excluding hydrogens is 399 g/mol. The molecule has 0 spiro atoms. The molecule has 0 radical (unpaired) electrons. The zero-order chi connectivity index (χ0) is 20.1. The van der Waals surface area contributed by atoms with E-state index in [0.717, 1.165) is 44.8 Å². The predicted octanol–water partition coefficient (Wildman–Crippen LogP) is 1.51. The van der Waals surface area contributed by atoms with Crippen LogP contribution in [0, 0.1) is 5.82 Å². The maximum absolute atomic E-state index is 13.9. The average molecular weight is 429 g/mol. The fourth-order valence-corrected chi connectivity index (χ4v) is 3.94. The van der Waals surface area contributed by atoms with E-state index in [9.17, 15) is 14.0 Å². The van der Waals surface area contributed by atoms with Crippen LogP contribution in [0.25, 0.3) is 0 Å². The van der Waals surface area contributed by atoms with Crippen LogP contribution in [0.1, 0.15) is 19.8 Å². The SMILES string of the molecule is CCNC1CC(=O)N(CCCN2CCN(c3cccc(F)c3OC)CC2)C1=O.Cl. The Morgan fingerprint density at radius 3 is 2.55 bits per heavy atom. The molecule has 1 atom stereocenters. The summed E-state index contributed by atoms with van der Waals surface area (Å²) in [6, 6.07) is 4.62. The first-order valence-corrected chi connectivity index (χ1v) is 9.92. The Kier molecular flexibility index (Phi) is 8.67. The van der Waals surface area contributed by atoms with E-state index in [2.05, 4.69) is 15.1 Å². The molecule has 7 nitrogen and oxygen atoms in total. The fourth-order valence-electron chi connectivity index (χ4n) is 3.94. The van der Waals surface area contributed by atoms with Crippen molar-refractivity contribution in [3.05, 3.63) is 24.0 Å². The maximum atomic E-state index is 13.9. The molecule has 2 heterocycles. The van der Waals surface area contributed by atoms with Crippen molar-refractivity contribution in [2.75, 3.05) is 57.8 Å². The third-order valence-electron chi connectivity index (χ3n) is 5.41. The molecule has 29 heavy (non-hydrogen) atoms. The number of methoxy groups -OCH3 is 1. The van der Waals surface area contributed by atoms with Gasteiger partial charge in [-0.1, -0.05) is 13.0 Å². The monoisotopic (exact) mass is 428 g/mol. The summed E-state index contributed by atoms with van der Waals surface area (Å²) in [6.45, 7) is 7.17. The van der Waals surface area contributed by atoms with Gasteiger partial charge in [-0.15, -0.1) is 12.4 Å². The molecule has 2 aliphatic heterocycles. The molecule has 0 aliphatic carbocycles. The van der Waals surface area contributed by atoms with Crippen molar-refractivity contribution in [3.8, 4) is 5.75 Å². The van der Waals surface area contributed by atoms with Gasteiger partial charge in [0.05, 0.1) is 25.3 Å². The second kappa shape index (κ2) is 10.8. The van der Waals surface area contributed by atoms with E-state index in [1.807, 2.05) is 13.0 Å². The highest BCUT2D eigenvalue weighted by Gasteiger charge is 2.37. The Morgan fingerprint density at radius 1 is 1.17 bits per heavy atom. The zero-order valence-electron chi connectivity index (χ0n) is 17.0. The third-order valence-corrected chi connectivity index (χ3v) is 5.41. The average Bonchev–Trinajstić information content (AvgIpc) is 2.96. The molecule has 162 valence electrons. The van der Waals surface area contributed by atoms with Crippen molar-refractivity contribution in [2.24, 2.45) is 0 Å². The molecular formula is C20H30ClFN4O3. The van der Waals surface area contributed by atoms with Crippen LogP contribution in [0.15, 0.2) is 18.2 Å². The number of rotatable bonds is 8. The molecule has 2 amide bonds. The molecule has 2 aliphatic rings. The van der Waals surface area contributed by atoms with E-state index >= 15 is 0 Å². The van der Waals surface area contributed by atoms with Crippen LogP contribution in [0.3, 0.4) is 0 Å². The minimum Gasteiger partial charge on any atom is -0.492 e. The lowest BCUT2D eigenvalue weighted by molar-refractivity contribution is -0.138. The van der Waals surface area contributed by atoms with Gasteiger partial charge in [-0.25, -0.2) is 4.39 Å². The van der Waals surface area contributed by atoms with Gasteiger partial charge in [-0.3, -0.25) is 19.4 Å². The summed E-state index contributed by atoms with van der Waals surface area (Å²) >= 11 is 0. The minimum absolute atomic E-state index is 0. The Bertz CT molecular complexity index is 713. The number of likely N-dealkylation sites (N-methyl/N-ethyl adjacent to an activating group) is 1. The van der Waals surface area contributed by atoms with Gasteiger partial charge < -0.3 is 15.0 Å². The van der Waals surface area contributed by atoms with E-state index < -0.39 is 0 Å². The van der Waals surface area contributed by atoms with Crippen LogP contribution >= 0.6 is 12.4 Å². The normalized spacial score (nSPS) is 20.2. The van der Waals surface area contributed by atoms with Crippen LogP contribution in [-0.4, -0.2) is 80.6 Å². The molecule has 0 bridgehead atoms. The van der Waals surface area contributed by atoms with Crippen molar-refractivity contribution >= 4 is 29.9 Å². The van der Waals surface area contributed by atoms with E-state index in [0.29, 0.717) is 13.1 Å². The number of para-hydroxylation sites is 1. The second-order valence-electron chi connectivity index (χ2n) is 7.17. The second-order valence-corrected chi connectivity index (χ2v) is 7.17.